The Hall–Kier alpha value is -2.76. The van der Waals surface area contributed by atoms with E-state index in [9.17, 15) is 8.78 Å². The molecule has 2 aromatic heterocycles. The standard InChI is InChI=1S/C15H12F2N4/c16-12-3-4-14(13(17)6-12)19-8-11-9-20-21-15(11)10-2-1-5-18-7-10/h1-7,9,19H,8H2,(H,20,21). The number of pyridine rings is 1. The lowest BCUT2D eigenvalue weighted by Gasteiger charge is -2.08. The summed E-state index contributed by atoms with van der Waals surface area (Å²) < 4.78 is 26.4. The number of aromatic amines is 1. The fraction of sp³-hybridized carbons (Fsp3) is 0.0667. The van der Waals surface area contributed by atoms with Crippen molar-refractivity contribution >= 4 is 5.69 Å². The van der Waals surface area contributed by atoms with E-state index in [1.165, 1.54) is 12.1 Å². The van der Waals surface area contributed by atoms with Gasteiger partial charge in [0, 0.05) is 36.1 Å². The van der Waals surface area contributed by atoms with E-state index in [4.69, 9.17) is 0 Å². The molecule has 0 aliphatic rings. The van der Waals surface area contributed by atoms with E-state index < -0.39 is 11.6 Å². The molecule has 1 aromatic carbocycles. The molecule has 106 valence electrons. The van der Waals surface area contributed by atoms with Gasteiger partial charge >= 0.3 is 0 Å². The smallest absolute Gasteiger partial charge is 0.149 e. The third-order valence-electron chi connectivity index (χ3n) is 3.07. The summed E-state index contributed by atoms with van der Waals surface area (Å²) in [7, 11) is 0. The summed E-state index contributed by atoms with van der Waals surface area (Å²) in [6.07, 6.45) is 5.07. The third-order valence-corrected chi connectivity index (χ3v) is 3.07. The van der Waals surface area contributed by atoms with Gasteiger partial charge in [0.15, 0.2) is 0 Å². The van der Waals surface area contributed by atoms with Crippen molar-refractivity contribution < 1.29 is 8.78 Å². The molecule has 0 aliphatic carbocycles. The normalized spacial score (nSPS) is 10.6. The van der Waals surface area contributed by atoms with Crippen molar-refractivity contribution in [3.05, 3.63) is 66.1 Å². The molecule has 0 saturated heterocycles. The average molecular weight is 286 g/mol. The number of halogens is 2. The first-order valence-corrected chi connectivity index (χ1v) is 6.35. The van der Waals surface area contributed by atoms with Crippen LogP contribution in [0.15, 0.2) is 48.9 Å². The fourth-order valence-electron chi connectivity index (χ4n) is 2.03. The summed E-state index contributed by atoms with van der Waals surface area (Å²) in [6.45, 7) is 0.364. The maximum atomic E-state index is 13.6. The lowest BCUT2D eigenvalue weighted by molar-refractivity contribution is 0.585. The van der Waals surface area contributed by atoms with Gasteiger partial charge in [-0.1, -0.05) is 0 Å². The largest absolute Gasteiger partial charge is 0.378 e. The Bertz CT molecular complexity index is 740. The molecular formula is C15H12F2N4. The zero-order valence-corrected chi connectivity index (χ0v) is 11.0. The van der Waals surface area contributed by atoms with Crippen LogP contribution in [0.1, 0.15) is 5.56 Å². The zero-order chi connectivity index (χ0) is 14.7. The van der Waals surface area contributed by atoms with Crippen LogP contribution in [0.2, 0.25) is 0 Å². The maximum Gasteiger partial charge on any atom is 0.149 e. The summed E-state index contributed by atoms with van der Waals surface area (Å²) in [5.74, 6) is -1.22. The minimum Gasteiger partial charge on any atom is -0.378 e. The van der Waals surface area contributed by atoms with Gasteiger partial charge in [-0.3, -0.25) is 10.1 Å². The summed E-state index contributed by atoms with van der Waals surface area (Å²) in [6, 6.07) is 7.16. The molecule has 0 saturated carbocycles. The second-order valence-corrected chi connectivity index (χ2v) is 4.49. The summed E-state index contributed by atoms with van der Waals surface area (Å²) in [5.41, 5.74) is 2.82. The monoisotopic (exact) mass is 286 g/mol. The van der Waals surface area contributed by atoms with E-state index in [1.54, 1.807) is 18.6 Å². The molecule has 2 heterocycles. The van der Waals surface area contributed by atoms with Gasteiger partial charge in [0.1, 0.15) is 11.6 Å². The molecule has 0 spiro atoms. The Kier molecular flexibility index (Phi) is 3.59. The van der Waals surface area contributed by atoms with Gasteiger partial charge in [-0.25, -0.2) is 8.78 Å². The van der Waals surface area contributed by atoms with Gasteiger partial charge in [0.2, 0.25) is 0 Å². The molecule has 0 atom stereocenters. The van der Waals surface area contributed by atoms with Crippen molar-refractivity contribution in [1.82, 2.24) is 15.2 Å². The Labute approximate surface area is 119 Å². The molecule has 3 rings (SSSR count). The molecule has 4 nitrogen and oxygen atoms in total. The molecule has 0 radical (unpaired) electrons. The van der Waals surface area contributed by atoms with Crippen LogP contribution in [0.4, 0.5) is 14.5 Å². The molecular weight excluding hydrogens is 274 g/mol. The predicted octanol–water partition coefficient (Wildman–Crippen LogP) is 3.36. The van der Waals surface area contributed by atoms with Crippen molar-refractivity contribution in [2.24, 2.45) is 0 Å². The second-order valence-electron chi connectivity index (χ2n) is 4.49. The number of anilines is 1. The minimum atomic E-state index is -0.624. The summed E-state index contributed by atoms with van der Waals surface area (Å²) in [4.78, 5) is 4.05. The van der Waals surface area contributed by atoms with Crippen LogP contribution in [0.5, 0.6) is 0 Å². The Morgan fingerprint density at radius 2 is 2.05 bits per heavy atom. The Morgan fingerprint density at radius 1 is 1.14 bits per heavy atom. The van der Waals surface area contributed by atoms with Crippen LogP contribution in [0.25, 0.3) is 11.3 Å². The Balaban J connectivity index is 1.79. The molecule has 3 aromatic rings. The highest BCUT2D eigenvalue weighted by Gasteiger charge is 2.09. The molecule has 21 heavy (non-hydrogen) atoms. The van der Waals surface area contributed by atoms with Crippen LogP contribution in [-0.4, -0.2) is 15.2 Å². The molecule has 0 bridgehead atoms. The zero-order valence-electron chi connectivity index (χ0n) is 11.0. The van der Waals surface area contributed by atoms with Crippen molar-refractivity contribution in [3.8, 4) is 11.3 Å². The highest BCUT2D eigenvalue weighted by atomic mass is 19.1. The maximum absolute atomic E-state index is 13.6. The van der Waals surface area contributed by atoms with Crippen molar-refractivity contribution in [1.29, 1.82) is 0 Å². The number of H-pyrrole nitrogens is 1. The van der Waals surface area contributed by atoms with Crippen molar-refractivity contribution in [2.75, 3.05) is 5.32 Å². The number of rotatable bonds is 4. The van der Waals surface area contributed by atoms with E-state index in [2.05, 4.69) is 20.5 Å². The van der Waals surface area contributed by atoms with Gasteiger partial charge in [-0.15, -0.1) is 0 Å². The molecule has 0 aliphatic heterocycles. The van der Waals surface area contributed by atoms with E-state index in [-0.39, 0.29) is 5.69 Å². The topological polar surface area (TPSA) is 53.6 Å². The van der Waals surface area contributed by atoms with Crippen LogP contribution in [0.3, 0.4) is 0 Å². The van der Waals surface area contributed by atoms with Crippen molar-refractivity contribution in [3.63, 3.8) is 0 Å². The number of nitrogens with one attached hydrogen (secondary N) is 2. The van der Waals surface area contributed by atoms with Gasteiger partial charge in [0.05, 0.1) is 17.6 Å². The van der Waals surface area contributed by atoms with Crippen LogP contribution in [0, 0.1) is 11.6 Å². The second kappa shape index (κ2) is 5.70. The average Bonchev–Trinajstić information content (AvgIpc) is 2.96. The number of nitrogens with zero attached hydrogens (tertiary/aromatic N) is 2. The predicted molar refractivity (Wildman–Crippen MR) is 75.5 cm³/mol. The Morgan fingerprint density at radius 3 is 2.81 bits per heavy atom. The first-order chi connectivity index (χ1) is 10.2. The fourth-order valence-corrected chi connectivity index (χ4v) is 2.03. The molecule has 0 amide bonds. The summed E-state index contributed by atoms with van der Waals surface area (Å²) >= 11 is 0. The van der Waals surface area contributed by atoms with E-state index in [0.29, 0.717) is 6.54 Å². The highest BCUT2D eigenvalue weighted by molar-refractivity contribution is 5.62. The van der Waals surface area contributed by atoms with Gasteiger partial charge in [-0.2, -0.15) is 5.10 Å². The number of hydrogen-bond acceptors (Lipinski definition) is 3. The van der Waals surface area contributed by atoms with E-state index in [1.807, 2.05) is 12.1 Å². The van der Waals surface area contributed by atoms with Gasteiger partial charge in [0.25, 0.3) is 0 Å². The molecule has 0 unspecified atom stereocenters. The minimum absolute atomic E-state index is 0.245. The molecule has 0 fully saturated rings. The highest BCUT2D eigenvalue weighted by Crippen LogP contribution is 2.22. The van der Waals surface area contributed by atoms with Crippen LogP contribution < -0.4 is 5.32 Å². The molecule has 6 heteroatoms. The quantitative estimate of drug-likeness (QED) is 0.773. The molecule has 2 N–H and O–H groups in total. The lowest BCUT2D eigenvalue weighted by Crippen LogP contribution is -2.02. The van der Waals surface area contributed by atoms with Crippen molar-refractivity contribution in [2.45, 2.75) is 6.54 Å². The third kappa shape index (κ3) is 2.89. The van der Waals surface area contributed by atoms with E-state index in [0.717, 1.165) is 22.9 Å². The van der Waals surface area contributed by atoms with Gasteiger partial charge in [-0.05, 0) is 24.3 Å². The van der Waals surface area contributed by atoms with Crippen LogP contribution >= 0.6 is 0 Å². The van der Waals surface area contributed by atoms with Crippen LogP contribution in [-0.2, 0) is 6.54 Å². The SMILES string of the molecule is Fc1ccc(NCc2cn[nH]c2-c2cccnc2)c(F)c1. The first kappa shape index (κ1) is 13.2. The number of hydrogen-bond donors (Lipinski definition) is 2. The number of benzene rings is 1. The van der Waals surface area contributed by atoms with Gasteiger partial charge < -0.3 is 5.32 Å². The lowest BCUT2D eigenvalue weighted by atomic mass is 10.1. The number of aromatic nitrogens is 3. The van der Waals surface area contributed by atoms with E-state index >= 15 is 0 Å². The first-order valence-electron chi connectivity index (χ1n) is 6.35. The summed E-state index contributed by atoms with van der Waals surface area (Å²) in [5, 5.41) is 9.83.